The van der Waals surface area contributed by atoms with E-state index in [-0.39, 0.29) is 23.1 Å². The molecule has 2 aromatic rings. The molecule has 5 rings (SSSR count). The molecule has 1 aromatic heterocycles. The van der Waals surface area contributed by atoms with Crippen LogP contribution in [0.25, 0.3) is 0 Å². The minimum absolute atomic E-state index is 0.0956. The largest absolute Gasteiger partial charge is 0.492 e. The Bertz CT molecular complexity index is 1060. The highest BCUT2D eigenvalue weighted by Gasteiger charge is 2.55. The Balaban J connectivity index is 1.39. The van der Waals surface area contributed by atoms with Crippen LogP contribution in [0, 0.1) is 11.3 Å². The number of benzene rings is 1. The summed E-state index contributed by atoms with van der Waals surface area (Å²) in [5, 5.41) is 0. The quantitative estimate of drug-likeness (QED) is 0.546. The van der Waals surface area contributed by atoms with Crippen molar-refractivity contribution < 1.29 is 19.1 Å². The molecule has 1 spiro atoms. The summed E-state index contributed by atoms with van der Waals surface area (Å²) < 4.78 is 12.0. The number of hydrogen-bond acceptors (Lipinski definition) is 5. The first-order chi connectivity index (χ1) is 15.4. The molecule has 0 bridgehead atoms. The monoisotopic (exact) mass is 434 g/mol. The zero-order valence-corrected chi connectivity index (χ0v) is 19.0. The summed E-state index contributed by atoms with van der Waals surface area (Å²) in [6.45, 7) is 6.73. The number of nitrogens with zero attached hydrogens (tertiary/aromatic N) is 2. The van der Waals surface area contributed by atoms with Crippen LogP contribution in [0.5, 0.6) is 17.4 Å². The number of amides is 2. The second-order valence-corrected chi connectivity index (χ2v) is 9.62. The SMILES string of the molecule is CCCCC1(C)C(=O)N(c2ccc(Oc3cccc4c3C3(CC3)CO4)nc2)C(=O)C1CC. The zero-order chi connectivity index (χ0) is 22.5. The van der Waals surface area contributed by atoms with E-state index < -0.39 is 5.41 Å². The van der Waals surface area contributed by atoms with Gasteiger partial charge in [-0.1, -0.05) is 32.8 Å². The molecular weight excluding hydrogens is 404 g/mol. The van der Waals surface area contributed by atoms with Gasteiger partial charge in [-0.2, -0.15) is 0 Å². The summed E-state index contributed by atoms with van der Waals surface area (Å²) >= 11 is 0. The number of imide groups is 1. The topological polar surface area (TPSA) is 68.7 Å². The molecule has 0 radical (unpaired) electrons. The van der Waals surface area contributed by atoms with Crippen LogP contribution in [0.1, 0.15) is 64.9 Å². The first-order valence-electron chi connectivity index (χ1n) is 11.7. The molecular formula is C26H30N2O4. The van der Waals surface area contributed by atoms with Crippen LogP contribution in [0.4, 0.5) is 5.69 Å². The van der Waals surface area contributed by atoms with Crippen molar-refractivity contribution in [1.82, 2.24) is 4.98 Å². The van der Waals surface area contributed by atoms with Crippen LogP contribution in [-0.2, 0) is 15.0 Å². The highest BCUT2D eigenvalue weighted by Crippen LogP contribution is 2.58. The summed E-state index contributed by atoms with van der Waals surface area (Å²) in [6.07, 6.45) is 7.09. The summed E-state index contributed by atoms with van der Waals surface area (Å²) in [7, 11) is 0. The van der Waals surface area contributed by atoms with Crippen molar-refractivity contribution in [2.45, 2.75) is 64.7 Å². The smallest absolute Gasteiger partial charge is 0.240 e. The van der Waals surface area contributed by atoms with Crippen molar-refractivity contribution in [3.8, 4) is 17.4 Å². The van der Waals surface area contributed by atoms with Crippen molar-refractivity contribution in [3.05, 3.63) is 42.1 Å². The highest BCUT2D eigenvalue weighted by molar-refractivity contribution is 6.23. The number of fused-ring (bicyclic) bond motifs is 2. The molecule has 2 aliphatic heterocycles. The number of ether oxygens (including phenoxy) is 2. The molecule has 0 N–H and O–H groups in total. The zero-order valence-electron chi connectivity index (χ0n) is 19.0. The fourth-order valence-electron chi connectivity index (χ4n) is 5.38. The Morgan fingerprint density at radius 1 is 1.19 bits per heavy atom. The summed E-state index contributed by atoms with van der Waals surface area (Å²) in [4.78, 5) is 32.2. The first-order valence-corrected chi connectivity index (χ1v) is 11.7. The summed E-state index contributed by atoms with van der Waals surface area (Å²) in [5.41, 5.74) is 1.08. The van der Waals surface area contributed by atoms with E-state index in [2.05, 4.69) is 11.9 Å². The Morgan fingerprint density at radius 3 is 2.66 bits per heavy atom. The predicted octanol–water partition coefficient (Wildman–Crippen LogP) is 5.39. The van der Waals surface area contributed by atoms with E-state index in [0.717, 1.165) is 49.2 Å². The lowest BCUT2D eigenvalue weighted by molar-refractivity contribution is -0.126. The van der Waals surface area contributed by atoms with Gasteiger partial charge < -0.3 is 9.47 Å². The van der Waals surface area contributed by atoms with Gasteiger partial charge in [0.15, 0.2) is 0 Å². The third-order valence-electron chi connectivity index (χ3n) is 7.51. The maximum atomic E-state index is 13.3. The number of rotatable bonds is 7. The molecule has 1 aliphatic carbocycles. The van der Waals surface area contributed by atoms with Crippen LogP contribution >= 0.6 is 0 Å². The summed E-state index contributed by atoms with van der Waals surface area (Å²) in [5.74, 6) is 1.56. The van der Waals surface area contributed by atoms with Crippen molar-refractivity contribution in [2.24, 2.45) is 11.3 Å². The molecule has 6 nitrogen and oxygen atoms in total. The van der Waals surface area contributed by atoms with Crippen molar-refractivity contribution in [2.75, 3.05) is 11.5 Å². The first kappa shape index (κ1) is 21.0. The molecule has 2 amide bonds. The maximum Gasteiger partial charge on any atom is 0.240 e. The Hall–Kier alpha value is -2.89. The lowest BCUT2D eigenvalue weighted by Crippen LogP contribution is -2.34. The van der Waals surface area contributed by atoms with E-state index in [1.807, 2.05) is 32.0 Å². The molecule has 1 aromatic carbocycles. The average molecular weight is 435 g/mol. The van der Waals surface area contributed by atoms with Gasteiger partial charge in [-0.15, -0.1) is 0 Å². The molecule has 2 atom stereocenters. The Labute approximate surface area is 188 Å². The molecule has 3 heterocycles. The number of unbranched alkanes of at least 4 members (excludes halogenated alkanes) is 1. The van der Waals surface area contributed by atoms with E-state index >= 15 is 0 Å². The molecule has 2 fully saturated rings. The fraction of sp³-hybridized carbons (Fsp3) is 0.500. The van der Waals surface area contributed by atoms with Crippen LogP contribution < -0.4 is 14.4 Å². The number of carbonyl (C=O) groups excluding carboxylic acids is 2. The van der Waals surface area contributed by atoms with Crippen molar-refractivity contribution in [3.63, 3.8) is 0 Å². The van der Waals surface area contributed by atoms with Gasteiger partial charge in [-0.05, 0) is 50.8 Å². The average Bonchev–Trinajstić information content (AvgIpc) is 3.44. The van der Waals surface area contributed by atoms with E-state index in [1.54, 1.807) is 18.3 Å². The lowest BCUT2D eigenvalue weighted by Gasteiger charge is -2.26. The standard InChI is InChI=1S/C26H30N2O4/c1-4-6-12-25(3)18(5-2)23(29)28(24(25)30)17-10-11-21(27-15-17)32-20-9-7-8-19-22(20)26(13-14-26)16-31-19/h7-11,15,18H,4-6,12-14,16H2,1-3H3. The Morgan fingerprint density at radius 2 is 2.00 bits per heavy atom. The lowest BCUT2D eigenvalue weighted by atomic mass is 9.74. The van der Waals surface area contributed by atoms with Gasteiger partial charge in [0, 0.05) is 17.0 Å². The number of anilines is 1. The van der Waals surface area contributed by atoms with Crippen molar-refractivity contribution >= 4 is 17.5 Å². The van der Waals surface area contributed by atoms with Gasteiger partial charge in [-0.25, -0.2) is 9.88 Å². The van der Waals surface area contributed by atoms with E-state index in [9.17, 15) is 9.59 Å². The number of hydrogen-bond donors (Lipinski definition) is 0. The third kappa shape index (κ3) is 3.11. The van der Waals surface area contributed by atoms with Gasteiger partial charge in [-0.3, -0.25) is 9.59 Å². The van der Waals surface area contributed by atoms with Gasteiger partial charge in [0.2, 0.25) is 17.7 Å². The molecule has 168 valence electrons. The second kappa shape index (κ2) is 7.61. The minimum Gasteiger partial charge on any atom is -0.492 e. The molecule has 3 aliphatic rings. The van der Waals surface area contributed by atoms with Crippen LogP contribution in [0.2, 0.25) is 0 Å². The van der Waals surface area contributed by atoms with Crippen LogP contribution in [0.15, 0.2) is 36.5 Å². The highest BCUT2D eigenvalue weighted by atomic mass is 16.5. The van der Waals surface area contributed by atoms with E-state index in [1.165, 1.54) is 4.90 Å². The van der Waals surface area contributed by atoms with Crippen LogP contribution in [-0.4, -0.2) is 23.4 Å². The molecule has 1 saturated heterocycles. The van der Waals surface area contributed by atoms with E-state index in [0.29, 0.717) is 24.6 Å². The minimum atomic E-state index is -0.653. The number of carbonyl (C=O) groups is 2. The maximum absolute atomic E-state index is 13.3. The van der Waals surface area contributed by atoms with Crippen molar-refractivity contribution in [1.29, 1.82) is 0 Å². The molecule has 32 heavy (non-hydrogen) atoms. The predicted molar refractivity (Wildman–Crippen MR) is 121 cm³/mol. The van der Waals surface area contributed by atoms with Gasteiger partial charge in [0.25, 0.3) is 0 Å². The molecule has 1 saturated carbocycles. The number of aromatic nitrogens is 1. The Kier molecular flexibility index (Phi) is 4.99. The molecule has 6 heteroatoms. The second-order valence-electron chi connectivity index (χ2n) is 9.62. The normalized spacial score (nSPS) is 25.2. The van der Waals surface area contributed by atoms with Crippen LogP contribution in [0.3, 0.4) is 0 Å². The fourth-order valence-corrected chi connectivity index (χ4v) is 5.38. The van der Waals surface area contributed by atoms with Gasteiger partial charge in [0.1, 0.15) is 11.5 Å². The third-order valence-corrected chi connectivity index (χ3v) is 7.51. The number of pyridine rings is 1. The van der Waals surface area contributed by atoms with E-state index in [4.69, 9.17) is 9.47 Å². The van der Waals surface area contributed by atoms with Gasteiger partial charge in [0.05, 0.1) is 29.8 Å². The summed E-state index contributed by atoms with van der Waals surface area (Å²) in [6, 6.07) is 9.33. The van der Waals surface area contributed by atoms with Gasteiger partial charge >= 0.3 is 0 Å². The molecule has 2 unspecified atom stereocenters.